The van der Waals surface area contributed by atoms with E-state index in [4.69, 9.17) is 11.6 Å². The van der Waals surface area contributed by atoms with Crippen molar-refractivity contribution in [2.24, 2.45) is 0 Å². The van der Waals surface area contributed by atoms with Crippen LogP contribution in [-0.2, 0) is 14.6 Å². The fourth-order valence-electron chi connectivity index (χ4n) is 3.15. The van der Waals surface area contributed by atoms with Crippen LogP contribution in [0.15, 0.2) is 63.7 Å². The van der Waals surface area contributed by atoms with Crippen molar-refractivity contribution in [3.63, 3.8) is 0 Å². The second-order valence-electron chi connectivity index (χ2n) is 6.12. The zero-order chi connectivity index (χ0) is 19.2. The first-order chi connectivity index (χ1) is 12.9. The number of thiophene rings is 1. The number of anilines is 1. The van der Waals surface area contributed by atoms with Crippen molar-refractivity contribution >= 4 is 44.4 Å². The quantitative estimate of drug-likeness (QED) is 0.657. The van der Waals surface area contributed by atoms with Crippen LogP contribution in [0.3, 0.4) is 0 Å². The summed E-state index contributed by atoms with van der Waals surface area (Å²) in [4.78, 5) is 13.0. The third-order valence-corrected chi connectivity index (χ3v) is 7.74. The fraction of sp³-hybridized carbons (Fsp3) is 0.105. The Labute approximate surface area is 164 Å². The monoisotopic (exact) mass is 421 g/mol. The van der Waals surface area contributed by atoms with Gasteiger partial charge in [-0.25, -0.2) is 12.8 Å². The molecule has 0 radical (unpaired) electrons. The predicted molar refractivity (Wildman–Crippen MR) is 103 cm³/mol. The van der Waals surface area contributed by atoms with E-state index < -0.39 is 21.6 Å². The number of halogens is 2. The number of benzene rings is 2. The second kappa shape index (κ2) is 6.74. The molecule has 27 heavy (non-hydrogen) atoms. The van der Waals surface area contributed by atoms with Crippen LogP contribution in [-0.4, -0.2) is 14.3 Å². The fourth-order valence-corrected chi connectivity index (χ4v) is 6.18. The van der Waals surface area contributed by atoms with E-state index in [0.29, 0.717) is 15.5 Å². The number of amides is 1. The lowest BCUT2D eigenvalue weighted by molar-refractivity contribution is -0.116. The molecule has 1 atom stereocenters. The molecule has 1 unspecified atom stereocenters. The van der Waals surface area contributed by atoms with Crippen molar-refractivity contribution < 1.29 is 17.6 Å². The van der Waals surface area contributed by atoms with Gasteiger partial charge < -0.3 is 5.32 Å². The lowest BCUT2D eigenvalue weighted by atomic mass is 9.90. The molecule has 8 heteroatoms. The van der Waals surface area contributed by atoms with E-state index in [1.165, 1.54) is 47.0 Å². The van der Waals surface area contributed by atoms with E-state index in [0.717, 1.165) is 0 Å². The van der Waals surface area contributed by atoms with E-state index in [1.54, 1.807) is 18.2 Å². The zero-order valence-electron chi connectivity index (χ0n) is 13.8. The Bertz CT molecular complexity index is 1140. The van der Waals surface area contributed by atoms with Gasteiger partial charge in [-0.15, -0.1) is 11.3 Å². The largest absolute Gasteiger partial charge is 0.324 e. The summed E-state index contributed by atoms with van der Waals surface area (Å²) < 4.78 is 40.3. The van der Waals surface area contributed by atoms with Gasteiger partial charge in [0.2, 0.25) is 15.7 Å². The van der Waals surface area contributed by atoms with Gasteiger partial charge >= 0.3 is 0 Å². The van der Waals surface area contributed by atoms with Gasteiger partial charge in [0.05, 0.1) is 10.6 Å². The lowest BCUT2D eigenvalue weighted by Crippen LogP contribution is -2.24. The van der Waals surface area contributed by atoms with E-state index in [9.17, 15) is 17.6 Å². The highest BCUT2D eigenvalue weighted by Crippen LogP contribution is 2.46. The molecule has 1 N–H and O–H groups in total. The highest BCUT2D eigenvalue weighted by molar-refractivity contribution is 7.91. The minimum Gasteiger partial charge on any atom is -0.324 e. The number of fused-ring (bicyclic) bond motifs is 1. The van der Waals surface area contributed by atoms with Crippen molar-refractivity contribution in [3.05, 3.63) is 75.2 Å². The molecule has 0 aliphatic carbocycles. The van der Waals surface area contributed by atoms with Gasteiger partial charge in [0.15, 0.2) is 0 Å². The second-order valence-corrected chi connectivity index (χ2v) is 9.39. The third-order valence-electron chi connectivity index (χ3n) is 4.45. The standard InChI is InChI=1S/C19H13ClFNO3S2/c20-11-5-7-12(8-6-11)27(24,25)16-10-26-19-14(9-17(23)22-18(16)19)13-3-1-2-4-15(13)21/h1-8,10,14H,9H2,(H,22,23). The van der Waals surface area contributed by atoms with Gasteiger partial charge in [-0.3, -0.25) is 4.79 Å². The number of rotatable bonds is 3. The molecule has 0 spiro atoms. The van der Waals surface area contributed by atoms with E-state index in [1.807, 2.05) is 0 Å². The Kier molecular flexibility index (Phi) is 4.53. The Balaban J connectivity index is 1.85. The van der Waals surface area contributed by atoms with E-state index in [-0.39, 0.29) is 27.8 Å². The number of hydrogen-bond donors (Lipinski definition) is 1. The first-order valence-corrected chi connectivity index (χ1v) is 10.8. The van der Waals surface area contributed by atoms with Crippen LogP contribution in [0, 0.1) is 5.82 Å². The Morgan fingerprint density at radius 2 is 1.81 bits per heavy atom. The first kappa shape index (κ1) is 18.2. The summed E-state index contributed by atoms with van der Waals surface area (Å²) in [5.41, 5.74) is 0.616. The maximum atomic E-state index is 14.3. The maximum absolute atomic E-state index is 14.3. The van der Waals surface area contributed by atoms with Gasteiger partial charge in [-0.05, 0) is 35.9 Å². The minimum absolute atomic E-state index is 0.0132. The molecule has 1 amide bonds. The summed E-state index contributed by atoms with van der Waals surface area (Å²) in [6.45, 7) is 0. The van der Waals surface area contributed by atoms with Gasteiger partial charge in [0, 0.05) is 27.6 Å². The van der Waals surface area contributed by atoms with Crippen LogP contribution < -0.4 is 5.32 Å². The smallest absolute Gasteiger partial charge is 0.225 e. The van der Waals surface area contributed by atoms with E-state index >= 15 is 0 Å². The molecule has 0 fully saturated rings. The van der Waals surface area contributed by atoms with Gasteiger partial charge in [-0.1, -0.05) is 29.8 Å². The van der Waals surface area contributed by atoms with Crippen LogP contribution >= 0.6 is 22.9 Å². The predicted octanol–water partition coefficient (Wildman–Crippen LogP) is 4.85. The average Bonchev–Trinajstić information content (AvgIpc) is 3.06. The van der Waals surface area contributed by atoms with Gasteiger partial charge in [-0.2, -0.15) is 0 Å². The van der Waals surface area contributed by atoms with Crippen LogP contribution in [0.4, 0.5) is 10.1 Å². The molecule has 138 valence electrons. The number of carbonyl (C=O) groups is 1. The lowest BCUT2D eigenvalue weighted by Gasteiger charge is -2.24. The molecule has 1 aromatic heterocycles. The number of hydrogen-bond acceptors (Lipinski definition) is 4. The summed E-state index contributed by atoms with van der Waals surface area (Å²) in [5, 5.41) is 4.58. The summed E-state index contributed by atoms with van der Waals surface area (Å²) in [7, 11) is -3.85. The molecule has 4 nitrogen and oxygen atoms in total. The highest BCUT2D eigenvalue weighted by Gasteiger charge is 2.35. The molecule has 0 bridgehead atoms. The van der Waals surface area contributed by atoms with Gasteiger partial charge in [0.1, 0.15) is 10.7 Å². The molecule has 2 aromatic carbocycles. The summed E-state index contributed by atoms with van der Waals surface area (Å²) in [5.74, 6) is -1.28. The van der Waals surface area contributed by atoms with Crippen LogP contribution in [0.5, 0.6) is 0 Å². The number of sulfone groups is 1. The summed E-state index contributed by atoms with van der Waals surface area (Å²) >= 11 is 7.04. The number of carbonyl (C=O) groups excluding carboxylic acids is 1. The third kappa shape index (κ3) is 3.16. The first-order valence-electron chi connectivity index (χ1n) is 8.04. The molecule has 0 saturated heterocycles. The minimum atomic E-state index is -3.85. The van der Waals surface area contributed by atoms with Crippen molar-refractivity contribution in [2.45, 2.75) is 22.1 Å². The molecule has 3 aromatic rings. The van der Waals surface area contributed by atoms with Crippen LogP contribution in [0.25, 0.3) is 0 Å². The maximum Gasteiger partial charge on any atom is 0.225 e. The van der Waals surface area contributed by atoms with Gasteiger partial charge in [0.25, 0.3) is 0 Å². The number of nitrogens with one attached hydrogen (secondary N) is 1. The van der Waals surface area contributed by atoms with Crippen molar-refractivity contribution in [3.8, 4) is 0 Å². The van der Waals surface area contributed by atoms with Crippen molar-refractivity contribution in [1.29, 1.82) is 0 Å². The Morgan fingerprint density at radius 1 is 1.11 bits per heavy atom. The Morgan fingerprint density at radius 3 is 2.52 bits per heavy atom. The molecule has 1 aliphatic rings. The summed E-state index contributed by atoms with van der Waals surface area (Å²) in [6, 6.07) is 12.1. The molecular weight excluding hydrogens is 409 g/mol. The topological polar surface area (TPSA) is 63.2 Å². The molecular formula is C19H13ClFNO3S2. The van der Waals surface area contributed by atoms with Crippen molar-refractivity contribution in [1.82, 2.24) is 0 Å². The Hall–Kier alpha value is -2.22. The molecule has 1 aliphatic heterocycles. The van der Waals surface area contributed by atoms with Crippen molar-refractivity contribution in [2.75, 3.05) is 5.32 Å². The SMILES string of the molecule is O=C1CC(c2ccccc2F)c2scc(S(=O)(=O)c3ccc(Cl)cc3)c2N1. The van der Waals surface area contributed by atoms with Crippen LogP contribution in [0.2, 0.25) is 5.02 Å². The highest BCUT2D eigenvalue weighted by atomic mass is 35.5. The molecule has 2 heterocycles. The normalized spacial score (nSPS) is 16.7. The van der Waals surface area contributed by atoms with Crippen LogP contribution in [0.1, 0.15) is 22.8 Å². The summed E-state index contributed by atoms with van der Waals surface area (Å²) in [6.07, 6.45) is 0.0644. The average molecular weight is 422 g/mol. The molecule has 4 rings (SSSR count). The van der Waals surface area contributed by atoms with E-state index in [2.05, 4.69) is 5.32 Å². The molecule has 0 saturated carbocycles. The zero-order valence-corrected chi connectivity index (χ0v) is 16.2.